The number of rotatable bonds is 8. The number of hydrogen-bond acceptors (Lipinski definition) is 5. The van der Waals surface area contributed by atoms with E-state index in [1.165, 1.54) is 0 Å². The van der Waals surface area contributed by atoms with E-state index in [1.54, 1.807) is 56.7 Å². The van der Waals surface area contributed by atoms with Gasteiger partial charge < -0.3 is 14.6 Å². The molecule has 0 heterocycles. The van der Waals surface area contributed by atoms with E-state index in [0.717, 1.165) is 5.56 Å². The Morgan fingerprint density at radius 2 is 1.30 bits per heavy atom. The zero-order valence-electron chi connectivity index (χ0n) is 25.9. The summed E-state index contributed by atoms with van der Waals surface area (Å²) in [5, 5.41) is 25.5. The minimum atomic E-state index is -1.69. The van der Waals surface area contributed by atoms with Crippen LogP contribution in [0.25, 0.3) is 0 Å². The third kappa shape index (κ3) is 5.68. The first-order chi connectivity index (χ1) is 22.8. The summed E-state index contributed by atoms with van der Waals surface area (Å²) in [6, 6.07) is 41.1. The lowest BCUT2D eigenvalue weighted by atomic mass is 9.46. The van der Waals surface area contributed by atoms with Crippen LogP contribution in [0.1, 0.15) is 50.9 Å². The Hall–Kier alpha value is -4.60. The molecule has 5 atom stereocenters. The molecule has 1 aliphatic rings. The molecule has 0 unspecified atom stereocenters. The Bertz CT molecular complexity index is 1910. The van der Waals surface area contributed by atoms with Crippen molar-refractivity contribution in [3.05, 3.63) is 165 Å². The number of benzene rings is 5. The molecule has 7 heteroatoms. The summed E-state index contributed by atoms with van der Waals surface area (Å²) in [6.07, 6.45) is 0.0625. The number of nitriles is 1. The molecule has 0 aromatic heterocycles. The van der Waals surface area contributed by atoms with Gasteiger partial charge in [0.25, 0.3) is 0 Å². The fraction of sp³-hybridized carbons (Fsp3) is 0.200. The molecule has 5 aromatic carbocycles. The second kappa shape index (κ2) is 13.3. The van der Waals surface area contributed by atoms with Crippen LogP contribution in [0.5, 0.6) is 11.5 Å². The highest BCUT2D eigenvalue weighted by Gasteiger charge is 2.64. The summed E-state index contributed by atoms with van der Waals surface area (Å²) in [5.74, 6) is -1.57. The average molecular weight is 663 g/mol. The number of ether oxygens (including phenoxy) is 2. The number of ketones is 1. The van der Waals surface area contributed by atoms with E-state index in [-0.39, 0.29) is 17.2 Å². The largest absolute Gasteiger partial charge is 0.497 e. The lowest BCUT2D eigenvalue weighted by Gasteiger charge is -2.56. The van der Waals surface area contributed by atoms with E-state index in [2.05, 4.69) is 6.07 Å². The van der Waals surface area contributed by atoms with E-state index < -0.39 is 28.8 Å². The summed E-state index contributed by atoms with van der Waals surface area (Å²) in [7, 11) is 3.18. The van der Waals surface area contributed by atoms with Gasteiger partial charge in [0, 0.05) is 17.4 Å². The van der Waals surface area contributed by atoms with Crippen LogP contribution in [0.3, 0.4) is 0 Å². The molecule has 5 aromatic rings. The first-order valence-electron chi connectivity index (χ1n) is 15.3. The summed E-state index contributed by atoms with van der Waals surface area (Å²) in [4.78, 5) is 15.0. The molecule has 6 rings (SSSR count). The molecule has 47 heavy (non-hydrogen) atoms. The van der Waals surface area contributed by atoms with E-state index in [0.29, 0.717) is 38.8 Å². The Morgan fingerprint density at radius 1 is 0.745 bits per heavy atom. The predicted octanol–water partition coefficient (Wildman–Crippen LogP) is 9.13. The van der Waals surface area contributed by atoms with Crippen molar-refractivity contribution in [1.29, 1.82) is 5.26 Å². The second-order valence-electron chi connectivity index (χ2n) is 11.9. The maximum Gasteiger partial charge on any atom is 0.169 e. The van der Waals surface area contributed by atoms with Crippen LogP contribution < -0.4 is 9.47 Å². The van der Waals surface area contributed by atoms with Gasteiger partial charge >= 0.3 is 0 Å². The van der Waals surface area contributed by atoms with Gasteiger partial charge in [0.1, 0.15) is 17.1 Å². The Labute approximate surface area is 284 Å². The average Bonchev–Trinajstić information content (AvgIpc) is 3.13. The SMILES string of the molecule is COc1ccc([C@H]2C[C@@](O)(c3ccccc3)[C@H](C(=O)c3ccccc3)[C@@H](c3ccc(OC)cc3)[C@]2(C#N)c2ccc(Cl)c(Cl)c2)cc1. The number of methoxy groups -OCH3 is 2. The second-order valence-corrected chi connectivity index (χ2v) is 12.7. The molecule has 1 N–H and O–H groups in total. The van der Waals surface area contributed by atoms with Crippen LogP contribution in [-0.2, 0) is 11.0 Å². The van der Waals surface area contributed by atoms with Crippen molar-refractivity contribution in [3.63, 3.8) is 0 Å². The molecule has 0 bridgehead atoms. The summed E-state index contributed by atoms with van der Waals surface area (Å²) >= 11 is 13.1. The van der Waals surface area contributed by atoms with Crippen molar-refractivity contribution in [2.24, 2.45) is 5.92 Å². The molecule has 1 saturated carbocycles. The van der Waals surface area contributed by atoms with Crippen molar-refractivity contribution in [2.75, 3.05) is 14.2 Å². The molecule has 0 radical (unpaired) electrons. The standard InChI is InChI=1S/C40H33Cl2NO4/c1-46-31-18-13-26(14-19-31)33-24-40(45,29-11-7-4-8-12-29)37(38(44)28-9-5-3-6-10-28)36(27-15-20-32(47-2)21-16-27)39(33,25-43)30-17-22-34(41)35(42)23-30/h3-23,33,36-37,45H,24H2,1-2H3/t33-,36-,37+,39-,40-/m1/s1. The molecule has 0 aliphatic heterocycles. The van der Waals surface area contributed by atoms with Crippen molar-refractivity contribution in [2.45, 2.75) is 29.3 Å². The van der Waals surface area contributed by atoms with E-state index in [1.807, 2.05) is 84.9 Å². The molecule has 0 spiro atoms. The van der Waals surface area contributed by atoms with Gasteiger partial charge in [0.2, 0.25) is 0 Å². The minimum Gasteiger partial charge on any atom is -0.497 e. The fourth-order valence-corrected chi connectivity index (χ4v) is 7.66. The van der Waals surface area contributed by atoms with Gasteiger partial charge in [-0.2, -0.15) is 5.26 Å². The molecule has 236 valence electrons. The van der Waals surface area contributed by atoms with Crippen molar-refractivity contribution in [3.8, 4) is 17.6 Å². The van der Waals surface area contributed by atoms with Gasteiger partial charge in [0.15, 0.2) is 5.78 Å². The maximum absolute atomic E-state index is 15.0. The molecule has 1 fully saturated rings. The highest BCUT2D eigenvalue weighted by molar-refractivity contribution is 6.42. The van der Waals surface area contributed by atoms with Gasteiger partial charge in [-0.05, 0) is 65.1 Å². The molecule has 5 nitrogen and oxygen atoms in total. The van der Waals surface area contributed by atoms with Crippen molar-refractivity contribution >= 4 is 29.0 Å². The number of aliphatic hydroxyl groups is 1. The smallest absolute Gasteiger partial charge is 0.169 e. The highest BCUT2D eigenvalue weighted by atomic mass is 35.5. The first-order valence-corrected chi connectivity index (χ1v) is 16.0. The molecule has 0 amide bonds. The molecule has 1 aliphatic carbocycles. The van der Waals surface area contributed by atoms with Crippen LogP contribution in [-0.4, -0.2) is 25.1 Å². The lowest BCUT2D eigenvalue weighted by molar-refractivity contribution is -0.0738. The summed E-state index contributed by atoms with van der Waals surface area (Å²) in [6.45, 7) is 0. The Morgan fingerprint density at radius 3 is 1.83 bits per heavy atom. The zero-order chi connectivity index (χ0) is 33.2. The van der Waals surface area contributed by atoms with E-state index in [9.17, 15) is 10.4 Å². The summed E-state index contributed by atoms with van der Waals surface area (Å²) in [5.41, 5.74) is 0.0170. The molecular formula is C40H33Cl2NO4. The normalized spacial score (nSPS) is 23.8. The van der Waals surface area contributed by atoms with E-state index >= 15 is 4.79 Å². The minimum absolute atomic E-state index is 0.0625. The Kier molecular flexibility index (Phi) is 9.12. The van der Waals surface area contributed by atoms with Gasteiger partial charge in [0.05, 0.1) is 41.7 Å². The first kappa shape index (κ1) is 32.3. The highest BCUT2D eigenvalue weighted by Crippen LogP contribution is 2.64. The third-order valence-electron chi connectivity index (χ3n) is 9.59. The van der Waals surface area contributed by atoms with Crippen molar-refractivity contribution in [1.82, 2.24) is 0 Å². The summed E-state index contributed by atoms with van der Waals surface area (Å²) < 4.78 is 11.0. The van der Waals surface area contributed by atoms with Gasteiger partial charge in [-0.3, -0.25) is 4.79 Å². The molecule has 0 saturated heterocycles. The Balaban J connectivity index is 1.74. The van der Waals surface area contributed by atoms with Crippen LogP contribution >= 0.6 is 23.2 Å². The van der Waals surface area contributed by atoms with Crippen molar-refractivity contribution < 1.29 is 19.4 Å². The number of halogens is 2. The molecular weight excluding hydrogens is 629 g/mol. The fourth-order valence-electron chi connectivity index (χ4n) is 7.36. The topological polar surface area (TPSA) is 79.6 Å². The number of Topliss-reactive ketones (excluding diaryl/α,β-unsaturated/α-hetero) is 1. The van der Waals surface area contributed by atoms with Crippen LogP contribution in [0.15, 0.2) is 127 Å². The zero-order valence-corrected chi connectivity index (χ0v) is 27.5. The van der Waals surface area contributed by atoms with Crippen LogP contribution in [0, 0.1) is 17.2 Å². The van der Waals surface area contributed by atoms with Crippen LogP contribution in [0.2, 0.25) is 10.0 Å². The number of hydrogen-bond donors (Lipinski definition) is 1. The maximum atomic E-state index is 15.0. The van der Waals surface area contributed by atoms with Gasteiger partial charge in [-0.1, -0.05) is 114 Å². The number of carbonyl (C=O) groups is 1. The number of nitrogens with zero attached hydrogens (tertiary/aromatic N) is 1. The lowest BCUT2D eigenvalue weighted by Crippen LogP contribution is -2.58. The monoisotopic (exact) mass is 661 g/mol. The quantitative estimate of drug-likeness (QED) is 0.168. The van der Waals surface area contributed by atoms with Gasteiger partial charge in [-0.15, -0.1) is 0 Å². The van der Waals surface area contributed by atoms with E-state index in [4.69, 9.17) is 32.7 Å². The predicted molar refractivity (Wildman–Crippen MR) is 184 cm³/mol. The number of carbonyl (C=O) groups excluding carboxylic acids is 1. The third-order valence-corrected chi connectivity index (χ3v) is 10.3. The van der Waals surface area contributed by atoms with Gasteiger partial charge in [-0.25, -0.2) is 0 Å². The van der Waals surface area contributed by atoms with Crippen LogP contribution in [0.4, 0.5) is 0 Å².